The van der Waals surface area contributed by atoms with Gasteiger partial charge in [0.15, 0.2) is 0 Å². The minimum Gasteiger partial charge on any atom is -0.480 e. The Morgan fingerprint density at radius 2 is 2.25 bits per heavy atom. The van der Waals surface area contributed by atoms with Gasteiger partial charge in [0, 0.05) is 6.42 Å². The molecule has 0 aliphatic carbocycles. The van der Waals surface area contributed by atoms with Crippen LogP contribution in [0, 0.1) is 0 Å². The van der Waals surface area contributed by atoms with Crippen LogP contribution < -0.4 is 11.5 Å². The Balaban J connectivity index is 2.29. The topological polar surface area (TPSA) is 116 Å². The summed E-state index contributed by atoms with van der Waals surface area (Å²) in [4.78, 5) is 10.3. The lowest BCUT2D eigenvalue weighted by Crippen LogP contribution is -2.30. The van der Waals surface area contributed by atoms with Gasteiger partial charge in [-0.15, -0.1) is 0 Å². The molecule has 0 aromatic carbocycles. The summed E-state index contributed by atoms with van der Waals surface area (Å²) < 4.78 is 8.78. The maximum Gasteiger partial charge on any atom is 0.320 e. The predicted molar refractivity (Wildman–Crippen MR) is 39.3 cm³/mol. The third-order valence-corrected chi connectivity index (χ3v) is 1.51. The highest BCUT2D eigenvalue weighted by atomic mass is 17.0. The maximum atomic E-state index is 10.3. The van der Waals surface area contributed by atoms with Crippen molar-refractivity contribution in [2.45, 2.75) is 18.9 Å². The second-order valence-corrected chi connectivity index (χ2v) is 2.44. The zero-order valence-electron chi connectivity index (χ0n) is 6.32. The molecule has 0 saturated carbocycles. The van der Waals surface area contributed by atoms with Crippen LogP contribution in [0.1, 0.15) is 12.2 Å². The number of aliphatic carboxylic acids is 1. The average molecular weight is 174 g/mol. The van der Waals surface area contributed by atoms with Gasteiger partial charge in [-0.25, -0.2) is 0 Å². The Kier molecular flexibility index (Phi) is 2.39. The van der Waals surface area contributed by atoms with Gasteiger partial charge < -0.3 is 16.6 Å². The molecule has 6 heteroatoms. The summed E-state index contributed by atoms with van der Waals surface area (Å²) in [6.45, 7) is 0. The SMILES string of the molecule is Nc1ooc1CCC(N)C(=O)O. The van der Waals surface area contributed by atoms with E-state index in [0.29, 0.717) is 12.2 Å². The third-order valence-electron chi connectivity index (χ3n) is 1.51. The Morgan fingerprint density at radius 3 is 2.58 bits per heavy atom. The molecule has 12 heavy (non-hydrogen) atoms. The Morgan fingerprint density at radius 1 is 1.58 bits per heavy atom. The van der Waals surface area contributed by atoms with E-state index in [-0.39, 0.29) is 12.3 Å². The summed E-state index contributed by atoms with van der Waals surface area (Å²) in [5.74, 6) is -0.367. The second kappa shape index (κ2) is 3.31. The van der Waals surface area contributed by atoms with Crippen LogP contribution in [0.2, 0.25) is 0 Å². The minimum atomic E-state index is -1.03. The van der Waals surface area contributed by atoms with E-state index in [0.717, 1.165) is 0 Å². The van der Waals surface area contributed by atoms with E-state index in [2.05, 4.69) is 9.15 Å². The number of hydrogen-bond acceptors (Lipinski definition) is 5. The zero-order chi connectivity index (χ0) is 9.14. The molecule has 1 aromatic rings. The fraction of sp³-hybridized carbons (Fsp3) is 0.500. The van der Waals surface area contributed by atoms with Gasteiger partial charge >= 0.3 is 5.97 Å². The van der Waals surface area contributed by atoms with Crippen LogP contribution in [0.15, 0.2) is 9.15 Å². The number of hydrogen-bond donors (Lipinski definition) is 3. The Labute approximate surface area is 68.0 Å². The number of carboxylic acid groups (broad SMARTS) is 1. The molecule has 1 unspecified atom stereocenters. The number of aryl methyl sites for hydroxylation is 1. The van der Waals surface area contributed by atoms with E-state index >= 15 is 0 Å². The number of nitrogens with two attached hydrogens (primary N) is 2. The molecule has 1 heterocycles. The largest absolute Gasteiger partial charge is 0.480 e. The van der Waals surface area contributed by atoms with Gasteiger partial charge in [0.05, 0.1) is 0 Å². The number of rotatable bonds is 4. The first kappa shape index (κ1) is 8.66. The van der Waals surface area contributed by atoms with Crippen LogP contribution in [-0.4, -0.2) is 17.1 Å². The molecule has 0 bridgehead atoms. The summed E-state index contributed by atoms with van der Waals surface area (Å²) in [5, 5.41) is 8.41. The molecule has 68 valence electrons. The van der Waals surface area contributed by atoms with Crippen molar-refractivity contribution >= 4 is 11.9 Å². The van der Waals surface area contributed by atoms with Crippen molar-refractivity contribution in [1.82, 2.24) is 0 Å². The zero-order valence-corrected chi connectivity index (χ0v) is 6.32. The highest BCUT2D eigenvalue weighted by Gasteiger charge is 2.16. The van der Waals surface area contributed by atoms with Crippen molar-refractivity contribution in [2.24, 2.45) is 5.73 Å². The number of carbonyl (C=O) groups is 1. The maximum absolute atomic E-state index is 10.3. The molecule has 6 nitrogen and oxygen atoms in total. The molecule has 1 atom stereocenters. The third kappa shape index (κ3) is 1.79. The molecule has 0 amide bonds. The van der Waals surface area contributed by atoms with Gasteiger partial charge in [-0.2, -0.15) is 0 Å². The molecule has 0 aliphatic heterocycles. The van der Waals surface area contributed by atoms with E-state index in [1.54, 1.807) is 0 Å². The molecule has 0 saturated heterocycles. The van der Waals surface area contributed by atoms with Crippen molar-refractivity contribution in [2.75, 3.05) is 5.73 Å². The molecule has 0 spiro atoms. The monoisotopic (exact) mass is 174 g/mol. The Bertz CT molecular complexity index is 265. The van der Waals surface area contributed by atoms with Crippen LogP contribution in [0.4, 0.5) is 5.88 Å². The lowest BCUT2D eigenvalue weighted by atomic mass is 10.1. The lowest BCUT2D eigenvalue weighted by molar-refractivity contribution is -0.138. The summed E-state index contributed by atoms with van der Waals surface area (Å²) in [6.07, 6.45) is 0.675. The van der Waals surface area contributed by atoms with E-state index in [4.69, 9.17) is 16.6 Å². The number of anilines is 1. The molecule has 1 aromatic heterocycles. The standard InChI is InChI=1S/C6H10N2O4/c7-3(6(9)10)1-2-4-5(8)12-11-4/h3H,1-2,7-8H2,(H,9,10). The predicted octanol–water partition coefficient (Wildman–Crippen LogP) is -0.201. The molecule has 0 radical (unpaired) electrons. The summed E-state index contributed by atoms with van der Waals surface area (Å²) in [5.41, 5.74) is 10.5. The van der Waals surface area contributed by atoms with E-state index in [1.807, 2.05) is 0 Å². The molecule has 0 fully saturated rings. The first-order chi connectivity index (χ1) is 5.61. The van der Waals surface area contributed by atoms with Crippen molar-refractivity contribution in [3.8, 4) is 0 Å². The highest BCUT2D eigenvalue weighted by molar-refractivity contribution is 5.73. The fourth-order valence-electron chi connectivity index (χ4n) is 0.724. The fourth-order valence-corrected chi connectivity index (χ4v) is 0.724. The molecular formula is C6H10N2O4. The van der Waals surface area contributed by atoms with Gasteiger partial charge in [0.25, 0.3) is 5.88 Å². The van der Waals surface area contributed by atoms with Crippen LogP contribution in [0.5, 0.6) is 0 Å². The van der Waals surface area contributed by atoms with Gasteiger partial charge in [0.1, 0.15) is 6.04 Å². The van der Waals surface area contributed by atoms with Gasteiger partial charge in [-0.3, -0.25) is 13.9 Å². The minimum absolute atomic E-state index is 0.201. The smallest absolute Gasteiger partial charge is 0.320 e. The van der Waals surface area contributed by atoms with Gasteiger partial charge in [0.2, 0.25) is 5.76 Å². The van der Waals surface area contributed by atoms with Gasteiger partial charge in [-0.1, -0.05) is 0 Å². The van der Waals surface area contributed by atoms with E-state index in [9.17, 15) is 4.79 Å². The first-order valence-corrected chi connectivity index (χ1v) is 3.43. The van der Waals surface area contributed by atoms with Crippen molar-refractivity contribution in [1.29, 1.82) is 0 Å². The molecule has 1 rings (SSSR count). The average Bonchev–Trinajstić information content (AvgIpc) is 2.01. The molecule has 5 N–H and O–H groups in total. The lowest BCUT2D eigenvalue weighted by Gasteiger charge is -2.06. The summed E-state index contributed by atoms with van der Waals surface area (Å²) in [6, 6.07) is -0.880. The first-order valence-electron chi connectivity index (χ1n) is 3.43. The highest BCUT2D eigenvalue weighted by Crippen LogP contribution is 2.17. The Hall–Kier alpha value is -1.43. The van der Waals surface area contributed by atoms with Crippen LogP contribution in [0.3, 0.4) is 0 Å². The molecule has 0 aliphatic rings. The quantitative estimate of drug-likeness (QED) is 0.544. The van der Waals surface area contributed by atoms with Crippen LogP contribution >= 0.6 is 0 Å². The van der Waals surface area contributed by atoms with Crippen LogP contribution in [-0.2, 0) is 11.2 Å². The summed E-state index contributed by atoms with van der Waals surface area (Å²) >= 11 is 0. The summed E-state index contributed by atoms with van der Waals surface area (Å²) in [7, 11) is 0. The van der Waals surface area contributed by atoms with Gasteiger partial charge in [-0.05, 0) is 6.42 Å². The van der Waals surface area contributed by atoms with Crippen LogP contribution in [0.25, 0.3) is 0 Å². The van der Waals surface area contributed by atoms with Crippen molar-refractivity contribution < 1.29 is 19.1 Å². The second-order valence-electron chi connectivity index (χ2n) is 2.44. The van der Waals surface area contributed by atoms with E-state index < -0.39 is 12.0 Å². The van der Waals surface area contributed by atoms with E-state index in [1.165, 1.54) is 0 Å². The van der Waals surface area contributed by atoms with Crippen molar-refractivity contribution in [3.05, 3.63) is 5.76 Å². The number of nitrogen functional groups attached to an aromatic ring is 1. The number of carboxylic acids is 1. The van der Waals surface area contributed by atoms with Crippen molar-refractivity contribution in [3.63, 3.8) is 0 Å². The normalized spacial score (nSPS) is 13.1. The molecular weight excluding hydrogens is 164 g/mol.